The third kappa shape index (κ3) is 1.73. The Morgan fingerprint density at radius 2 is 2.00 bits per heavy atom. The summed E-state index contributed by atoms with van der Waals surface area (Å²) in [4.78, 5) is 23.7. The average Bonchev–Trinajstić information content (AvgIpc) is 2.94. The first-order chi connectivity index (χ1) is 10.2. The Labute approximate surface area is 117 Å². The van der Waals surface area contributed by atoms with Gasteiger partial charge in [0.15, 0.2) is 5.65 Å². The van der Waals surface area contributed by atoms with E-state index in [1.54, 1.807) is 48.7 Å². The Bertz CT molecular complexity index is 1000. The van der Waals surface area contributed by atoms with E-state index in [1.165, 1.54) is 0 Å². The monoisotopic (exact) mass is 280 g/mol. The number of rotatable bonds is 1. The number of H-pyrrole nitrogens is 1. The smallest absolute Gasteiger partial charge is 0.290 e. The summed E-state index contributed by atoms with van der Waals surface area (Å²) < 4.78 is 14.1. The molecule has 6 heteroatoms. The van der Waals surface area contributed by atoms with Gasteiger partial charge in [-0.3, -0.25) is 4.79 Å². The highest BCUT2D eigenvalue weighted by molar-refractivity contribution is 5.84. The van der Waals surface area contributed by atoms with Crippen LogP contribution < -0.4 is 5.56 Å². The normalized spacial score (nSPS) is 11.3. The van der Waals surface area contributed by atoms with Crippen LogP contribution in [0.15, 0.2) is 53.5 Å². The summed E-state index contributed by atoms with van der Waals surface area (Å²) in [5, 5.41) is 0.628. The van der Waals surface area contributed by atoms with Crippen LogP contribution in [0.1, 0.15) is 0 Å². The zero-order valence-corrected chi connectivity index (χ0v) is 10.7. The number of aromatic nitrogens is 4. The number of nitrogens with zero attached hydrogens (tertiary/aromatic N) is 3. The topological polar surface area (TPSA) is 63.6 Å². The van der Waals surface area contributed by atoms with E-state index < -0.39 is 5.56 Å². The molecule has 4 rings (SSSR count). The molecule has 21 heavy (non-hydrogen) atoms. The molecule has 3 heterocycles. The Hall–Kier alpha value is -3.02. The van der Waals surface area contributed by atoms with Crippen molar-refractivity contribution in [3.63, 3.8) is 0 Å². The van der Waals surface area contributed by atoms with Crippen molar-refractivity contribution in [2.24, 2.45) is 0 Å². The van der Waals surface area contributed by atoms with E-state index in [4.69, 9.17) is 0 Å². The molecule has 0 saturated carbocycles. The van der Waals surface area contributed by atoms with E-state index in [0.717, 1.165) is 0 Å². The second-order valence-electron chi connectivity index (χ2n) is 4.66. The number of nitrogens with one attached hydrogen (secondary N) is 1. The van der Waals surface area contributed by atoms with Crippen molar-refractivity contribution in [2.75, 3.05) is 0 Å². The van der Waals surface area contributed by atoms with Crippen LogP contribution in [-0.4, -0.2) is 19.7 Å². The minimum Gasteiger partial charge on any atom is -0.322 e. The molecule has 5 nitrogen and oxygen atoms in total. The summed E-state index contributed by atoms with van der Waals surface area (Å²) in [6.45, 7) is 0. The zero-order chi connectivity index (χ0) is 14.4. The molecule has 0 aliphatic carbocycles. The van der Waals surface area contributed by atoms with Crippen molar-refractivity contribution in [3.8, 4) is 11.4 Å². The number of pyridine rings is 2. The van der Waals surface area contributed by atoms with Gasteiger partial charge in [-0.2, -0.15) is 0 Å². The predicted molar refractivity (Wildman–Crippen MR) is 77.6 cm³/mol. The lowest BCUT2D eigenvalue weighted by atomic mass is 10.1. The van der Waals surface area contributed by atoms with Crippen molar-refractivity contribution < 1.29 is 4.48 Å². The van der Waals surface area contributed by atoms with Gasteiger partial charge < -0.3 is 4.98 Å². The number of halogens is 1. The first kappa shape index (κ1) is 11.8. The molecule has 1 N–H and O–H groups in total. The molecule has 0 unspecified atom stereocenters. The van der Waals surface area contributed by atoms with Crippen LogP contribution in [0.2, 0.25) is 0 Å². The molecule has 4 aromatic rings. The minimum absolute atomic E-state index is 0.144. The lowest BCUT2D eigenvalue weighted by molar-refractivity contribution is 0.372. The van der Waals surface area contributed by atoms with Crippen molar-refractivity contribution in [2.45, 2.75) is 0 Å². The fourth-order valence-corrected chi connectivity index (χ4v) is 2.36. The molecule has 0 aliphatic heterocycles. The molecule has 1 aromatic carbocycles. The summed E-state index contributed by atoms with van der Waals surface area (Å²) in [7, 11) is 0. The Kier molecular flexibility index (Phi) is 2.38. The van der Waals surface area contributed by atoms with Gasteiger partial charge in [0.25, 0.3) is 5.56 Å². The van der Waals surface area contributed by atoms with Gasteiger partial charge in [-0.15, -0.1) is 4.79 Å². The third-order valence-corrected chi connectivity index (χ3v) is 3.37. The number of aromatic amines is 1. The van der Waals surface area contributed by atoms with E-state index >= 15 is 0 Å². The molecule has 0 radical (unpaired) electrons. The highest BCUT2D eigenvalue weighted by atomic mass is 19.2. The molecule has 0 atom stereocenters. The maximum Gasteiger partial charge on any atom is 0.290 e. The maximum atomic E-state index is 14.1. The fraction of sp³-hybridized carbons (Fsp3) is 0. The standard InChI is InChI=1S/C15H9FN4O/c16-20-12-6-2-1-4-9(12)8-10(15(20)21)13-18-11-5-3-7-17-14(11)19-13/h1-8H,(H,17,18,19). The number of hydrogen-bond donors (Lipinski definition) is 1. The summed E-state index contributed by atoms with van der Waals surface area (Å²) in [6.07, 6.45) is 1.62. The molecule has 0 fully saturated rings. The van der Waals surface area contributed by atoms with E-state index in [-0.39, 0.29) is 15.9 Å². The number of fused-ring (bicyclic) bond motifs is 2. The maximum absolute atomic E-state index is 14.1. The fourth-order valence-electron chi connectivity index (χ4n) is 2.36. The first-order valence-corrected chi connectivity index (χ1v) is 6.36. The molecule has 0 spiro atoms. The molecule has 0 amide bonds. The van der Waals surface area contributed by atoms with Gasteiger partial charge in [0, 0.05) is 11.6 Å². The largest absolute Gasteiger partial charge is 0.322 e. The van der Waals surface area contributed by atoms with Crippen molar-refractivity contribution >= 4 is 22.1 Å². The minimum atomic E-state index is -0.743. The second kappa shape index (κ2) is 4.24. The van der Waals surface area contributed by atoms with Crippen LogP contribution >= 0.6 is 0 Å². The SMILES string of the molecule is O=c1c(-c2nc3cccnc3[nH]2)cc2ccccc2n1F. The van der Waals surface area contributed by atoms with E-state index in [9.17, 15) is 9.28 Å². The molecule has 102 valence electrons. The van der Waals surface area contributed by atoms with Gasteiger partial charge >= 0.3 is 0 Å². The molecule has 0 aliphatic rings. The van der Waals surface area contributed by atoms with Crippen LogP contribution in [0, 0.1) is 0 Å². The van der Waals surface area contributed by atoms with Crippen LogP contribution in [0.25, 0.3) is 33.5 Å². The van der Waals surface area contributed by atoms with Crippen molar-refractivity contribution in [1.82, 2.24) is 19.7 Å². The van der Waals surface area contributed by atoms with Gasteiger partial charge in [0.2, 0.25) is 0 Å². The van der Waals surface area contributed by atoms with E-state index in [1.807, 2.05) is 0 Å². The Morgan fingerprint density at radius 1 is 1.14 bits per heavy atom. The quantitative estimate of drug-likeness (QED) is 0.583. The van der Waals surface area contributed by atoms with Crippen LogP contribution in [0.4, 0.5) is 4.48 Å². The van der Waals surface area contributed by atoms with Crippen LogP contribution in [0.5, 0.6) is 0 Å². The van der Waals surface area contributed by atoms with Crippen molar-refractivity contribution in [1.29, 1.82) is 0 Å². The zero-order valence-electron chi connectivity index (χ0n) is 10.7. The second-order valence-corrected chi connectivity index (χ2v) is 4.66. The van der Waals surface area contributed by atoms with Gasteiger partial charge in [-0.1, -0.05) is 22.7 Å². The molecule has 0 saturated heterocycles. The highest BCUT2D eigenvalue weighted by Gasteiger charge is 2.14. The number of benzene rings is 1. The predicted octanol–water partition coefficient (Wildman–Crippen LogP) is 2.67. The van der Waals surface area contributed by atoms with Gasteiger partial charge in [-0.05, 0) is 24.3 Å². The molecule has 0 bridgehead atoms. The number of imidazole rings is 1. The van der Waals surface area contributed by atoms with Gasteiger partial charge in [0.1, 0.15) is 11.3 Å². The van der Waals surface area contributed by atoms with Crippen molar-refractivity contribution in [3.05, 3.63) is 59.0 Å². The summed E-state index contributed by atoms with van der Waals surface area (Å²) in [5.74, 6) is 0.311. The summed E-state index contributed by atoms with van der Waals surface area (Å²) >= 11 is 0. The Morgan fingerprint density at radius 3 is 2.86 bits per heavy atom. The molecule has 3 aromatic heterocycles. The summed E-state index contributed by atoms with van der Waals surface area (Å²) in [6, 6.07) is 11.9. The lowest BCUT2D eigenvalue weighted by Gasteiger charge is -2.03. The molecular weight excluding hydrogens is 271 g/mol. The number of para-hydroxylation sites is 1. The first-order valence-electron chi connectivity index (χ1n) is 6.36. The van der Waals surface area contributed by atoms with Gasteiger partial charge in [-0.25, -0.2) is 9.97 Å². The average molecular weight is 280 g/mol. The van der Waals surface area contributed by atoms with Crippen LogP contribution in [0.3, 0.4) is 0 Å². The highest BCUT2D eigenvalue weighted by Crippen LogP contribution is 2.20. The van der Waals surface area contributed by atoms with E-state index in [2.05, 4.69) is 15.0 Å². The van der Waals surface area contributed by atoms with Gasteiger partial charge in [0.05, 0.1) is 11.1 Å². The third-order valence-electron chi connectivity index (χ3n) is 3.37. The Balaban J connectivity index is 2.06. The lowest BCUT2D eigenvalue weighted by Crippen LogP contribution is -2.16. The number of hydrogen-bond acceptors (Lipinski definition) is 3. The summed E-state index contributed by atoms with van der Waals surface area (Å²) in [5.41, 5.74) is 0.860. The van der Waals surface area contributed by atoms with Crippen LogP contribution in [-0.2, 0) is 0 Å². The van der Waals surface area contributed by atoms with E-state index in [0.29, 0.717) is 22.4 Å². The molecular formula is C15H9FN4O.